The lowest BCUT2D eigenvalue weighted by molar-refractivity contribution is -0.138. The maximum absolute atomic E-state index is 12.3. The van der Waals surface area contributed by atoms with E-state index in [1.165, 1.54) is 38.5 Å². The van der Waals surface area contributed by atoms with Crippen LogP contribution >= 0.6 is 0 Å². The van der Waals surface area contributed by atoms with Crippen molar-refractivity contribution in [3.05, 3.63) is 0 Å². The van der Waals surface area contributed by atoms with Gasteiger partial charge >= 0.3 is 0 Å². The predicted octanol–water partition coefficient (Wildman–Crippen LogP) is 2.29. The Labute approximate surface area is 105 Å². The molecule has 2 fully saturated rings. The fourth-order valence-corrected chi connectivity index (χ4v) is 3.43. The van der Waals surface area contributed by atoms with E-state index in [0.717, 1.165) is 12.5 Å². The molecule has 1 saturated heterocycles. The first-order valence-electron chi connectivity index (χ1n) is 7.06. The Bertz CT molecular complexity index is 280. The number of carbonyl (C=O) groups excluding carboxylic acids is 1. The van der Waals surface area contributed by atoms with E-state index < -0.39 is 0 Å². The van der Waals surface area contributed by atoms with Gasteiger partial charge in [0.15, 0.2) is 0 Å². The smallest absolute Gasteiger partial charge is 0.224 e. The van der Waals surface area contributed by atoms with Crippen molar-refractivity contribution in [2.75, 3.05) is 6.54 Å². The molecule has 1 heterocycles. The zero-order valence-electron chi connectivity index (χ0n) is 11.2. The Morgan fingerprint density at radius 1 is 1.24 bits per heavy atom. The van der Waals surface area contributed by atoms with Gasteiger partial charge < -0.3 is 10.6 Å². The average Bonchev–Trinajstić information content (AvgIpc) is 2.26. The Balaban J connectivity index is 2.01. The first-order chi connectivity index (χ1) is 7.97. The minimum atomic E-state index is -0.376. The van der Waals surface area contributed by atoms with Crippen molar-refractivity contribution >= 4 is 5.91 Å². The summed E-state index contributed by atoms with van der Waals surface area (Å²) in [6.07, 6.45) is 8.15. The molecule has 1 aliphatic heterocycles. The maximum Gasteiger partial charge on any atom is 0.224 e. The highest BCUT2D eigenvalue weighted by Crippen LogP contribution is 2.35. The number of nitrogens with zero attached hydrogens (tertiary/aromatic N) is 1. The molecule has 2 rings (SSSR count). The molecule has 0 bridgehead atoms. The van der Waals surface area contributed by atoms with Gasteiger partial charge in [-0.1, -0.05) is 12.8 Å². The molecule has 0 aromatic rings. The summed E-state index contributed by atoms with van der Waals surface area (Å²) < 4.78 is 0. The van der Waals surface area contributed by atoms with Gasteiger partial charge in [-0.15, -0.1) is 0 Å². The highest BCUT2D eigenvalue weighted by Gasteiger charge is 2.36. The van der Waals surface area contributed by atoms with E-state index in [4.69, 9.17) is 5.73 Å². The minimum Gasteiger partial charge on any atom is -0.339 e. The summed E-state index contributed by atoms with van der Waals surface area (Å²) in [4.78, 5) is 14.5. The van der Waals surface area contributed by atoms with Gasteiger partial charge in [-0.2, -0.15) is 0 Å². The summed E-state index contributed by atoms with van der Waals surface area (Å²) in [5.74, 6) is 1.04. The van der Waals surface area contributed by atoms with Crippen LogP contribution < -0.4 is 5.73 Å². The quantitative estimate of drug-likeness (QED) is 0.802. The molecule has 2 N–H and O–H groups in total. The van der Waals surface area contributed by atoms with Gasteiger partial charge in [-0.3, -0.25) is 4.79 Å². The number of amides is 1. The van der Waals surface area contributed by atoms with Gasteiger partial charge in [-0.25, -0.2) is 0 Å². The molecule has 2 aliphatic rings. The van der Waals surface area contributed by atoms with Gasteiger partial charge in [0.25, 0.3) is 0 Å². The van der Waals surface area contributed by atoms with Crippen molar-refractivity contribution in [1.29, 1.82) is 0 Å². The van der Waals surface area contributed by atoms with Crippen molar-refractivity contribution in [2.24, 2.45) is 11.7 Å². The third-order valence-corrected chi connectivity index (χ3v) is 4.17. The van der Waals surface area contributed by atoms with E-state index in [-0.39, 0.29) is 11.4 Å². The summed E-state index contributed by atoms with van der Waals surface area (Å²) in [6, 6.07) is 0.521. The second-order valence-electron chi connectivity index (χ2n) is 6.51. The normalized spacial score (nSPS) is 29.9. The highest BCUT2D eigenvalue weighted by atomic mass is 16.2. The molecule has 2 atom stereocenters. The molecule has 1 aliphatic carbocycles. The second kappa shape index (κ2) is 4.97. The molecule has 0 spiro atoms. The van der Waals surface area contributed by atoms with Crippen molar-refractivity contribution < 1.29 is 4.79 Å². The van der Waals surface area contributed by atoms with Crippen molar-refractivity contribution in [2.45, 2.75) is 70.4 Å². The lowest BCUT2D eigenvalue weighted by Gasteiger charge is -2.44. The molecule has 1 amide bonds. The van der Waals surface area contributed by atoms with Gasteiger partial charge in [0.05, 0.1) is 0 Å². The Kier molecular flexibility index (Phi) is 3.76. The summed E-state index contributed by atoms with van der Waals surface area (Å²) in [5, 5.41) is 0. The van der Waals surface area contributed by atoms with Crippen LogP contribution in [0.2, 0.25) is 0 Å². The minimum absolute atomic E-state index is 0.272. The summed E-state index contributed by atoms with van der Waals surface area (Å²) in [6.45, 7) is 4.83. The Morgan fingerprint density at radius 2 is 1.88 bits per heavy atom. The number of rotatable bonds is 2. The van der Waals surface area contributed by atoms with Crippen LogP contribution in [0.4, 0.5) is 0 Å². The summed E-state index contributed by atoms with van der Waals surface area (Å²) in [5.41, 5.74) is 5.59. The lowest BCUT2D eigenvalue weighted by Crippen LogP contribution is -2.51. The SMILES string of the molecule is CC(C)(N)CC(=O)N1CCCC2CCCCC21. The number of hydrogen-bond acceptors (Lipinski definition) is 2. The van der Waals surface area contributed by atoms with Crippen LogP contribution in [0.25, 0.3) is 0 Å². The molecule has 3 nitrogen and oxygen atoms in total. The first-order valence-corrected chi connectivity index (χ1v) is 7.06. The van der Waals surface area contributed by atoms with Crippen LogP contribution in [0.5, 0.6) is 0 Å². The zero-order valence-corrected chi connectivity index (χ0v) is 11.2. The monoisotopic (exact) mass is 238 g/mol. The third-order valence-electron chi connectivity index (χ3n) is 4.17. The van der Waals surface area contributed by atoms with Crippen molar-refractivity contribution in [3.8, 4) is 0 Å². The van der Waals surface area contributed by atoms with Crippen LogP contribution in [0.3, 0.4) is 0 Å². The second-order valence-corrected chi connectivity index (χ2v) is 6.51. The van der Waals surface area contributed by atoms with Crippen LogP contribution in [-0.4, -0.2) is 28.9 Å². The van der Waals surface area contributed by atoms with E-state index in [1.807, 2.05) is 13.8 Å². The maximum atomic E-state index is 12.3. The molecule has 0 radical (unpaired) electrons. The molecular weight excluding hydrogens is 212 g/mol. The molecule has 1 saturated carbocycles. The number of fused-ring (bicyclic) bond motifs is 1. The van der Waals surface area contributed by atoms with E-state index in [1.54, 1.807) is 0 Å². The van der Waals surface area contributed by atoms with Crippen LogP contribution in [0, 0.1) is 5.92 Å². The number of piperidine rings is 1. The topological polar surface area (TPSA) is 46.3 Å². The average molecular weight is 238 g/mol. The van der Waals surface area contributed by atoms with Crippen molar-refractivity contribution in [3.63, 3.8) is 0 Å². The predicted molar refractivity (Wildman–Crippen MR) is 69.6 cm³/mol. The van der Waals surface area contributed by atoms with Crippen LogP contribution in [0.15, 0.2) is 0 Å². The largest absolute Gasteiger partial charge is 0.339 e. The number of carbonyl (C=O) groups is 1. The number of hydrogen-bond donors (Lipinski definition) is 1. The molecule has 0 aromatic carbocycles. The van der Waals surface area contributed by atoms with E-state index in [9.17, 15) is 4.79 Å². The van der Waals surface area contributed by atoms with Crippen LogP contribution in [0.1, 0.15) is 58.8 Å². The fraction of sp³-hybridized carbons (Fsp3) is 0.929. The molecule has 2 unspecified atom stereocenters. The summed E-state index contributed by atoms with van der Waals surface area (Å²) >= 11 is 0. The van der Waals surface area contributed by atoms with Gasteiger partial charge in [0.2, 0.25) is 5.91 Å². The van der Waals surface area contributed by atoms with Crippen molar-refractivity contribution in [1.82, 2.24) is 4.90 Å². The molecular formula is C14H26N2O. The van der Waals surface area contributed by atoms with Gasteiger partial charge in [-0.05, 0) is 45.4 Å². The molecule has 17 heavy (non-hydrogen) atoms. The fourth-order valence-electron chi connectivity index (χ4n) is 3.43. The molecule has 98 valence electrons. The third kappa shape index (κ3) is 3.21. The number of likely N-dealkylation sites (tertiary alicyclic amines) is 1. The first kappa shape index (κ1) is 12.9. The zero-order chi connectivity index (χ0) is 12.5. The summed E-state index contributed by atoms with van der Waals surface area (Å²) in [7, 11) is 0. The Morgan fingerprint density at radius 3 is 2.59 bits per heavy atom. The lowest BCUT2D eigenvalue weighted by atomic mass is 9.78. The number of nitrogens with two attached hydrogens (primary N) is 1. The van der Waals surface area contributed by atoms with E-state index in [2.05, 4.69) is 4.90 Å². The van der Waals surface area contributed by atoms with E-state index >= 15 is 0 Å². The van der Waals surface area contributed by atoms with E-state index in [0.29, 0.717) is 12.5 Å². The highest BCUT2D eigenvalue weighted by molar-refractivity contribution is 5.77. The Hall–Kier alpha value is -0.570. The molecule has 0 aromatic heterocycles. The van der Waals surface area contributed by atoms with Gasteiger partial charge in [0.1, 0.15) is 0 Å². The van der Waals surface area contributed by atoms with Gasteiger partial charge in [0, 0.05) is 24.5 Å². The molecule has 3 heteroatoms. The van der Waals surface area contributed by atoms with Crippen LogP contribution in [-0.2, 0) is 4.79 Å². The standard InChI is InChI=1S/C14H26N2O/c1-14(2,15)10-13(17)16-9-5-7-11-6-3-4-8-12(11)16/h11-12H,3-10,15H2,1-2H3.